The molecule has 1 aromatic rings. The Bertz CT molecular complexity index is 474. The molecule has 5 heteroatoms. The zero-order chi connectivity index (χ0) is 13.3. The van der Waals surface area contributed by atoms with Crippen LogP contribution in [0.15, 0.2) is 12.1 Å². The molecule has 2 rings (SSSR count). The number of fused-ring (bicyclic) bond motifs is 1. The Kier molecular flexibility index (Phi) is 3.43. The van der Waals surface area contributed by atoms with Crippen molar-refractivity contribution in [2.24, 2.45) is 0 Å². The highest BCUT2D eigenvalue weighted by atomic mass is 16.5. The van der Waals surface area contributed by atoms with Crippen LogP contribution >= 0.6 is 0 Å². The van der Waals surface area contributed by atoms with Crippen molar-refractivity contribution in [3.05, 3.63) is 17.7 Å². The van der Waals surface area contributed by atoms with Gasteiger partial charge in [-0.05, 0) is 7.05 Å². The zero-order valence-electron chi connectivity index (χ0n) is 11.1. The Morgan fingerprint density at radius 1 is 1.33 bits per heavy atom. The molecule has 0 aliphatic carbocycles. The van der Waals surface area contributed by atoms with E-state index in [0.29, 0.717) is 12.2 Å². The summed E-state index contributed by atoms with van der Waals surface area (Å²) in [5, 5.41) is 3.15. The Balaban J connectivity index is 2.63. The van der Waals surface area contributed by atoms with Gasteiger partial charge in [0.1, 0.15) is 11.5 Å². The third kappa shape index (κ3) is 1.90. The van der Waals surface area contributed by atoms with Crippen molar-refractivity contribution in [1.82, 2.24) is 5.32 Å². The molecule has 0 spiro atoms. The number of methoxy groups -OCH3 is 2. The number of amides is 1. The van der Waals surface area contributed by atoms with E-state index in [1.54, 1.807) is 26.2 Å². The molecule has 1 atom stereocenters. The van der Waals surface area contributed by atoms with Crippen LogP contribution in [0.1, 0.15) is 18.0 Å². The second-order valence-corrected chi connectivity index (χ2v) is 4.26. The molecule has 0 radical (unpaired) electrons. The highest BCUT2D eigenvalue weighted by molar-refractivity contribution is 5.97. The fourth-order valence-electron chi connectivity index (χ4n) is 2.30. The number of ether oxygens (including phenoxy) is 2. The SMILES string of the molecule is CNC1CC(=O)N(C)c2cc(OC)cc(OC)c21. The molecule has 1 aromatic carbocycles. The average Bonchev–Trinajstić information content (AvgIpc) is 2.41. The number of hydrogen-bond donors (Lipinski definition) is 1. The quantitative estimate of drug-likeness (QED) is 0.879. The molecule has 0 aromatic heterocycles. The normalized spacial score (nSPS) is 18.6. The van der Waals surface area contributed by atoms with Crippen LogP contribution in [0.2, 0.25) is 0 Å². The predicted octanol–water partition coefficient (Wildman–Crippen LogP) is 1.33. The summed E-state index contributed by atoms with van der Waals surface area (Å²) in [6, 6.07) is 3.68. The van der Waals surface area contributed by atoms with Gasteiger partial charge in [0.15, 0.2) is 0 Å². The van der Waals surface area contributed by atoms with Crippen molar-refractivity contribution in [1.29, 1.82) is 0 Å². The van der Waals surface area contributed by atoms with Gasteiger partial charge in [0.2, 0.25) is 5.91 Å². The minimum Gasteiger partial charge on any atom is -0.497 e. The van der Waals surface area contributed by atoms with Gasteiger partial charge in [-0.3, -0.25) is 4.79 Å². The lowest BCUT2D eigenvalue weighted by Crippen LogP contribution is -2.37. The average molecular weight is 250 g/mol. The van der Waals surface area contributed by atoms with Gasteiger partial charge >= 0.3 is 0 Å². The smallest absolute Gasteiger partial charge is 0.228 e. The molecule has 0 bridgehead atoms. The first kappa shape index (κ1) is 12.7. The summed E-state index contributed by atoms with van der Waals surface area (Å²) in [5.41, 5.74) is 1.84. The summed E-state index contributed by atoms with van der Waals surface area (Å²) in [7, 11) is 6.84. The van der Waals surface area contributed by atoms with Crippen LogP contribution < -0.4 is 19.7 Å². The second kappa shape index (κ2) is 4.86. The van der Waals surface area contributed by atoms with E-state index in [1.807, 2.05) is 19.2 Å². The van der Waals surface area contributed by atoms with E-state index in [4.69, 9.17) is 9.47 Å². The zero-order valence-corrected chi connectivity index (χ0v) is 11.1. The molecular formula is C13H18N2O3. The van der Waals surface area contributed by atoms with Gasteiger partial charge in [-0.15, -0.1) is 0 Å². The molecule has 1 aliphatic rings. The van der Waals surface area contributed by atoms with E-state index in [1.165, 1.54) is 0 Å². The Morgan fingerprint density at radius 3 is 2.61 bits per heavy atom. The van der Waals surface area contributed by atoms with Crippen LogP contribution in [0.5, 0.6) is 11.5 Å². The third-order valence-electron chi connectivity index (χ3n) is 3.36. The first-order chi connectivity index (χ1) is 8.62. The van der Waals surface area contributed by atoms with Gasteiger partial charge in [-0.25, -0.2) is 0 Å². The number of hydrogen-bond acceptors (Lipinski definition) is 4. The summed E-state index contributed by atoms with van der Waals surface area (Å²) >= 11 is 0. The number of nitrogens with zero attached hydrogens (tertiary/aromatic N) is 1. The maximum atomic E-state index is 11.9. The van der Waals surface area contributed by atoms with Crippen molar-refractivity contribution >= 4 is 11.6 Å². The fourth-order valence-corrected chi connectivity index (χ4v) is 2.30. The molecule has 0 saturated heterocycles. The number of anilines is 1. The molecule has 1 unspecified atom stereocenters. The number of rotatable bonds is 3. The minimum atomic E-state index is -0.0236. The molecule has 1 aliphatic heterocycles. The summed E-state index contributed by atoms with van der Waals surface area (Å²) in [6.45, 7) is 0. The van der Waals surface area contributed by atoms with Crippen LogP contribution in [0.4, 0.5) is 5.69 Å². The van der Waals surface area contributed by atoms with E-state index < -0.39 is 0 Å². The highest BCUT2D eigenvalue weighted by Crippen LogP contribution is 2.42. The Morgan fingerprint density at radius 2 is 2.06 bits per heavy atom. The predicted molar refractivity (Wildman–Crippen MR) is 69.4 cm³/mol. The maximum Gasteiger partial charge on any atom is 0.228 e. The van der Waals surface area contributed by atoms with Gasteiger partial charge < -0.3 is 19.7 Å². The summed E-state index contributed by atoms with van der Waals surface area (Å²) in [6.07, 6.45) is 0.433. The van der Waals surface area contributed by atoms with Crippen molar-refractivity contribution in [3.8, 4) is 11.5 Å². The van der Waals surface area contributed by atoms with Crippen LogP contribution in [0.3, 0.4) is 0 Å². The van der Waals surface area contributed by atoms with Gasteiger partial charge in [0.05, 0.1) is 19.9 Å². The van der Waals surface area contributed by atoms with Crippen LogP contribution in [-0.2, 0) is 4.79 Å². The molecule has 18 heavy (non-hydrogen) atoms. The number of carbonyl (C=O) groups excluding carboxylic acids is 1. The Labute approximate surface area is 107 Å². The topological polar surface area (TPSA) is 50.8 Å². The summed E-state index contributed by atoms with van der Waals surface area (Å²) in [5.74, 6) is 1.50. The maximum absolute atomic E-state index is 11.9. The highest BCUT2D eigenvalue weighted by Gasteiger charge is 2.31. The van der Waals surface area contributed by atoms with Crippen LogP contribution in [0.25, 0.3) is 0 Å². The molecule has 5 nitrogen and oxygen atoms in total. The monoisotopic (exact) mass is 250 g/mol. The lowest BCUT2D eigenvalue weighted by atomic mass is 9.95. The summed E-state index contributed by atoms with van der Waals surface area (Å²) in [4.78, 5) is 13.6. The van der Waals surface area contributed by atoms with Crippen molar-refractivity contribution in [2.75, 3.05) is 33.2 Å². The van der Waals surface area contributed by atoms with E-state index in [9.17, 15) is 4.79 Å². The molecular weight excluding hydrogens is 232 g/mol. The third-order valence-corrected chi connectivity index (χ3v) is 3.36. The second-order valence-electron chi connectivity index (χ2n) is 4.26. The fraction of sp³-hybridized carbons (Fsp3) is 0.462. The van der Waals surface area contributed by atoms with E-state index >= 15 is 0 Å². The Hall–Kier alpha value is -1.75. The lowest BCUT2D eigenvalue weighted by molar-refractivity contribution is -0.119. The van der Waals surface area contributed by atoms with Crippen molar-refractivity contribution in [2.45, 2.75) is 12.5 Å². The van der Waals surface area contributed by atoms with E-state index in [0.717, 1.165) is 17.0 Å². The van der Waals surface area contributed by atoms with Crippen molar-refractivity contribution < 1.29 is 14.3 Å². The van der Waals surface area contributed by atoms with Crippen molar-refractivity contribution in [3.63, 3.8) is 0 Å². The largest absolute Gasteiger partial charge is 0.497 e. The number of benzene rings is 1. The van der Waals surface area contributed by atoms with Gasteiger partial charge in [0, 0.05) is 37.2 Å². The first-order valence-electron chi connectivity index (χ1n) is 5.82. The van der Waals surface area contributed by atoms with E-state index in [-0.39, 0.29) is 11.9 Å². The molecule has 0 fully saturated rings. The van der Waals surface area contributed by atoms with Gasteiger partial charge in [-0.2, -0.15) is 0 Å². The first-order valence-corrected chi connectivity index (χ1v) is 5.82. The molecule has 1 amide bonds. The molecule has 0 saturated carbocycles. The lowest BCUT2D eigenvalue weighted by Gasteiger charge is -2.32. The molecule has 1 heterocycles. The number of nitrogens with one attached hydrogen (secondary N) is 1. The van der Waals surface area contributed by atoms with Crippen LogP contribution in [-0.4, -0.2) is 34.2 Å². The summed E-state index contributed by atoms with van der Waals surface area (Å²) < 4.78 is 10.6. The van der Waals surface area contributed by atoms with Gasteiger partial charge in [0.25, 0.3) is 0 Å². The number of carbonyl (C=O) groups is 1. The standard InChI is InChI=1S/C13H18N2O3/c1-14-9-7-12(16)15(2)10-5-8(17-3)6-11(18-4)13(9)10/h5-6,9,14H,7H2,1-4H3. The van der Waals surface area contributed by atoms with Crippen LogP contribution in [0, 0.1) is 0 Å². The van der Waals surface area contributed by atoms with E-state index in [2.05, 4.69) is 5.32 Å². The van der Waals surface area contributed by atoms with Gasteiger partial charge in [-0.1, -0.05) is 0 Å². The molecule has 1 N–H and O–H groups in total. The minimum absolute atomic E-state index is 0.0236. The molecule has 98 valence electrons.